The Morgan fingerprint density at radius 1 is 1.41 bits per heavy atom. The molecule has 92 valence electrons. The van der Waals surface area contributed by atoms with Gasteiger partial charge in [-0.25, -0.2) is 9.67 Å². The molecule has 0 amide bonds. The molecule has 0 aliphatic rings. The zero-order valence-electron chi connectivity index (χ0n) is 8.92. The lowest BCUT2D eigenvalue weighted by molar-refractivity contribution is 0.490. The summed E-state index contributed by atoms with van der Waals surface area (Å²) in [6.07, 6.45) is 5.73. The van der Waals surface area contributed by atoms with Crippen LogP contribution in [0, 0.1) is 0 Å². The minimum absolute atomic E-state index is 0.440. The van der Waals surface area contributed by atoms with Crippen molar-refractivity contribution in [2.45, 2.75) is 0 Å². The van der Waals surface area contributed by atoms with Gasteiger partial charge in [-0.3, -0.25) is 4.55 Å². The second kappa shape index (κ2) is 5.37. The monoisotopic (exact) mass is 257 g/mol. The maximum Gasteiger partial charge on any atom is 0.261 e. The maximum absolute atomic E-state index is 9.19. The Bertz CT molecular complexity index is 559. The molecule has 0 aliphatic carbocycles. The first-order chi connectivity index (χ1) is 7.86. The predicted molar refractivity (Wildman–Crippen MR) is 61.0 cm³/mol. The maximum atomic E-state index is 9.19. The topological polar surface area (TPSA) is 124 Å². The molecule has 2 heterocycles. The van der Waals surface area contributed by atoms with Crippen molar-refractivity contribution in [3.05, 3.63) is 30.7 Å². The van der Waals surface area contributed by atoms with Crippen molar-refractivity contribution in [3.63, 3.8) is 0 Å². The van der Waals surface area contributed by atoms with Gasteiger partial charge < -0.3 is 5.73 Å². The fourth-order valence-corrected chi connectivity index (χ4v) is 0.859. The zero-order chi connectivity index (χ0) is 12.9. The molecule has 2 rings (SSSR count). The van der Waals surface area contributed by atoms with Crippen molar-refractivity contribution in [1.29, 1.82) is 0 Å². The normalized spacial score (nSPS) is 10.5. The molecule has 17 heavy (non-hydrogen) atoms. The summed E-state index contributed by atoms with van der Waals surface area (Å²) in [5.74, 6) is 0.926. The van der Waals surface area contributed by atoms with Gasteiger partial charge in [-0.2, -0.15) is 18.5 Å². The first kappa shape index (κ1) is 13.1. The molecule has 9 heteroatoms. The smallest absolute Gasteiger partial charge is 0.261 e. The summed E-state index contributed by atoms with van der Waals surface area (Å²) >= 11 is 0. The van der Waals surface area contributed by atoms with Gasteiger partial charge in [-0.05, 0) is 12.1 Å². The van der Waals surface area contributed by atoms with Gasteiger partial charge >= 0.3 is 0 Å². The molecule has 0 saturated carbocycles. The minimum atomic E-state index is -3.67. The predicted octanol–water partition coefficient (Wildman–Crippen LogP) is -0.252. The van der Waals surface area contributed by atoms with Crippen LogP contribution in [0.3, 0.4) is 0 Å². The van der Waals surface area contributed by atoms with Crippen molar-refractivity contribution in [2.75, 3.05) is 12.0 Å². The third kappa shape index (κ3) is 5.58. The lowest BCUT2D eigenvalue weighted by Crippen LogP contribution is -2.02. The molecule has 0 atom stereocenters. The Kier molecular flexibility index (Phi) is 4.12. The highest BCUT2D eigenvalue weighted by Gasteiger charge is 1.97. The first-order valence-corrected chi connectivity index (χ1v) is 6.22. The van der Waals surface area contributed by atoms with E-state index in [-0.39, 0.29) is 0 Å². The molecule has 0 unspecified atom stereocenters. The third-order valence-electron chi connectivity index (χ3n) is 1.37. The van der Waals surface area contributed by atoms with E-state index < -0.39 is 10.1 Å². The van der Waals surface area contributed by atoms with Crippen molar-refractivity contribution >= 4 is 15.9 Å². The average molecular weight is 257 g/mol. The Hall–Kier alpha value is -2.00. The van der Waals surface area contributed by atoms with Gasteiger partial charge in [0.25, 0.3) is 16.1 Å². The van der Waals surface area contributed by atoms with Gasteiger partial charge in [0, 0.05) is 18.6 Å². The second-order valence-corrected chi connectivity index (χ2v) is 4.43. The average Bonchev–Trinajstić information content (AvgIpc) is 2.67. The number of anilines is 1. The van der Waals surface area contributed by atoms with Crippen LogP contribution in [0.1, 0.15) is 0 Å². The molecule has 0 aromatic carbocycles. The number of nitrogens with two attached hydrogens (primary N) is 1. The lowest BCUT2D eigenvalue weighted by Gasteiger charge is -1.98. The van der Waals surface area contributed by atoms with E-state index in [0.717, 1.165) is 0 Å². The molecular weight excluding hydrogens is 246 g/mol. The molecule has 8 nitrogen and oxygen atoms in total. The summed E-state index contributed by atoms with van der Waals surface area (Å²) in [4.78, 5) is 7.97. The summed E-state index contributed by atoms with van der Waals surface area (Å²) in [7, 11) is -3.67. The number of nitrogen functional groups attached to an aromatic ring is 1. The Labute approximate surface area is 97.9 Å². The van der Waals surface area contributed by atoms with Gasteiger partial charge in [-0.1, -0.05) is 0 Å². The van der Waals surface area contributed by atoms with Gasteiger partial charge in [0.2, 0.25) is 0 Å². The van der Waals surface area contributed by atoms with Crippen LogP contribution in [0.5, 0.6) is 0 Å². The van der Waals surface area contributed by atoms with Crippen LogP contribution in [0.2, 0.25) is 0 Å². The molecule has 0 bridgehead atoms. The Morgan fingerprint density at radius 3 is 2.53 bits per heavy atom. The number of hydrogen-bond acceptors (Lipinski definition) is 6. The van der Waals surface area contributed by atoms with E-state index in [1.54, 1.807) is 35.4 Å². The standard InChI is InChI=1S/C7H7N5.CH4O3S/c8-6-2-4-9-7(11-6)12-5-1-3-10-12;1-5(2,3)4/h1-5H,(H2,8,9,11);1H3,(H,2,3,4). The first-order valence-electron chi connectivity index (χ1n) is 4.37. The van der Waals surface area contributed by atoms with Crippen LogP contribution in [0.25, 0.3) is 5.95 Å². The van der Waals surface area contributed by atoms with Gasteiger partial charge in [0.15, 0.2) is 0 Å². The highest BCUT2D eigenvalue weighted by molar-refractivity contribution is 7.85. The summed E-state index contributed by atoms with van der Waals surface area (Å²) < 4.78 is 27.4. The van der Waals surface area contributed by atoms with Crippen LogP contribution in [0.15, 0.2) is 30.7 Å². The molecule has 0 aliphatic heterocycles. The summed E-state index contributed by atoms with van der Waals surface area (Å²) in [5, 5.41) is 3.96. The number of nitrogens with zero attached hydrogens (tertiary/aromatic N) is 4. The van der Waals surface area contributed by atoms with E-state index >= 15 is 0 Å². The van der Waals surface area contributed by atoms with E-state index in [9.17, 15) is 8.42 Å². The van der Waals surface area contributed by atoms with E-state index in [1.807, 2.05) is 0 Å². The Balaban J connectivity index is 0.000000249. The van der Waals surface area contributed by atoms with Crippen LogP contribution in [-0.4, -0.2) is 39.0 Å². The molecule has 0 saturated heterocycles. The molecule has 0 radical (unpaired) electrons. The molecule has 0 fully saturated rings. The molecule has 2 aromatic rings. The van der Waals surface area contributed by atoms with E-state index in [1.165, 1.54) is 0 Å². The molecular formula is C8H11N5O3S. The highest BCUT2D eigenvalue weighted by Crippen LogP contribution is 2.00. The highest BCUT2D eigenvalue weighted by atomic mass is 32.2. The Morgan fingerprint density at radius 2 is 2.06 bits per heavy atom. The number of hydrogen-bond donors (Lipinski definition) is 2. The second-order valence-electron chi connectivity index (χ2n) is 2.97. The molecule has 3 N–H and O–H groups in total. The summed E-state index contributed by atoms with van der Waals surface area (Å²) in [6, 6.07) is 3.43. The van der Waals surface area contributed by atoms with Gasteiger partial charge in [0.1, 0.15) is 5.82 Å². The SMILES string of the molecule is CS(=O)(=O)O.Nc1ccnc(-n2cccn2)n1. The number of aromatic nitrogens is 4. The number of rotatable bonds is 1. The van der Waals surface area contributed by atoms with Crippen LogP contribution in [-0.2, 0) is 10.1 Å². The minimum Gasteiger partial charge on any atom is -0.384 e. The van der Waals surface area contributed by atoms with E-state index in [2.05, 4.69) is 15.1 Å². The van der Waals surface area contributed by atoms with Crippen molar-refractivity contribution in [1.82, 2.24) is 19.7 Å². The van der Waals surface area contributed by atoms with Gasteiger partial charge in [-0.15, -0.1) is 0 Å². The summed E-state index contributed by atoms with van der Waals surface area (Å²) in [6.45, 7) is 0. The van der Waals surface area contributed by atoms with Crippen molar-refractivity contribution < 1.29 is 13.0 Å². The quantitative estimate of drug-likeness (QED) is 0.675. The fraction of sp³-hybridized carbons (Fsp3) is 0.125. The third-order valence-corrected chi connectivity index (χ3v) is 1.37. The van der Waals surface area contributed by atoms with E-state index in [0.29, 0.717) is 18.0 Å². The van der Waals surface area contributed by atoms with Gasteiger partial charge in [0.05, 0.1) is 6.26 Å². The summed E-state index contributed by atoms with van der Waals surface area (Å²) in [5.41, 5.74) is 5.47. The molecule has 2 aromatic heterocycles. The van der Waals surface area contributed by atoms with E-state index in [4.69, 9.17) is 10.3 Å². The van der Waals surface area contributed by atoms with Crippen LogP contribution in [0.4, 0.5) is 5.82 Å². The van der Waals surface area contributed by atoms with Crippen LogP contribution < -0.4 is 5.73 Å². The lowest BCUT2D eigenvalue weighted by atomic mass is 10.6. The van der Waals surface area contributed by atoms with Crippen molar-refractivity contribution in [2.24, 2.45) is 0 Å². The fourth-order valence-electron chi connectivity index (χ4n) is 0.859. The van der Waals surface area contributed by atoms with Crippen molar-refractivity contribution in [3.8, 4) is 5.95 Å². The zero-order valence-corrected chi connectivity index (χ0v) is 9.74. The van der Waals surface area contributed by atoms with Crippen LogP contribution >= 0.6 is 0 Å². The largest absolute Gasteiger partial charge is 0.384 e. The molecule has 0 spiro atoms.